The highest BCUT2D eigenvalue weighted by Crippen LogP contribution is 2.43. The maximum absolute atomic E-state index is 13.4. The van der Waals surface area contributed by atoms with E-state index >= 15 is 0 Å². The number of nitrogens with two attached hydrogens (primary N) is 1. The van der Waals surface area contributed by atoms with Gasteiger partial charge in [0.1, 0.15) is 23.6 Å². The maximum Gasteiger partial charge on any atom is 0.335 e. The second-order valence-electron chi connectivity index (χ2n) is 8.72. The van der Waals surface area contributed by atoms with Crippen LogP contribution in [0, 0.1) is 5.92 Å². The monoisotopic (exact) mass is 496 g/mol. The molecule has 2 bridgehead atoms. The number of aromatic carboxylic acids is 1. The summed E-state index contributed by atoms with van der Waals surface area (Å²) < 4.78 is 1.43. The van der Waals surface area contributed by atoms with Crippen molar-refractivity contribution in [1.29, 1.82) is 0 Å². The number of benzene rings is 1. The van der Waals surface area contributed by atoms with Gasteiger partial charge in [0, 0.05) is 11.4 Å². The number of halogens is 1. The standard InChI is InChI=1S/C23H21ClN6O5/c24-16-8-12(23(34)35)9-17(26-16)27-22(33)20-11-5-6-13(7-11)30(20)18(31)10-29-15-4-2-1-3-14(15)19(28-29)21(25)32/h1-4,8-9,11,13,20H,5-7,10H2,(H2,25,32)(H,34,35)(H,26,27,33)/t11-,13+,20-/m0/s1. The fraction of sp³-hybridized carbons (Fsp3) is 0.304. The molecule has 1 saturated heterocycles. The van der Waals surface area contributed by atoms with E-state index in [9.17, 15) is 24.3 Å². The molecule has 5 rings (SSSR count). The van der Waals surface area contributed by atoms with E-state index in [-0.39, 0.29) is 46.6 Å². The van der Waals surface area contributed by atoms with Crippen LogP contribution in [0.15, 0.2) is 36.4 Å². The number of para-hydroxylation sites is 1. The Morgan fingerprint density at radius 2 is 1.94 bits per heavy atom. The summed E-state index contributed by atoms with van der Waals surface area (Å²) in [6.45, 7) is -0.167. The number of pyridine rings is 1. The number of aromatic nitrogens is 3. The van der Waals surface area contributed by atoms with Gasteiger partial charge in [-0.3, -0.25) is 19.1 Å². The molecule has 3 amide bonds. The molecule has 1 aromatic carbocycles. The van der Waals surface area contributed by atoms with E-state index in [0.717, 1.165) is 12.8 Å². The number of primary amides is 1. The molecule has 180 valence electrons. The van der Waals surface area contributed by atoms with Crippen molar-refractivity contribution in [2.45, 2.75) is 37.9 Å². The normalized spacial score (nSPS) is 20.8. The smallest absolute Gasteiger partial charge is 0.335 e. The maximum atomic E-state index is 13.4. The van der Waals surface area contributed by atoms with Crippen LogP contribution < -0.4 is 11.1 Å². The number of nitrogens with zero attached hydrogens (tertiary/aromatic N) is 4. The molecule has 12 heteroatoms. The number of nitrogens with one attached hydrogen (secondary N) is 1. The van der Waals surface area contributed by atoms with Crippen molar-refractivity contribution < 1.29 is 24.3 Å². The van der Waals surface area contributed by atoms with Gasteiger partial charge < -0.3 is 21.1 Å². The number of amides is 3. The second kappa shape index (κ2) is 8.66. The van der Waals surface area contributed by atoms with E-state index in [1.165, 1.54) is 16.8 Å². The highest BCUT2D eigenvalue weighted by molar-refractivity contribution is 6.30. The average Bonchev–Trinajstić information content (AvgIpc) is 3.52. The molecule has 3 atom stereocenters. The summed E-state index contributed by atoms with van der Waals surface area (Å²) in [6, 6.07) is 8.54. The summed E-state index contributed by atoms with van der Waals surface area (Å²) >= 11 is 5.91. The number of hydrogen-bond acceptors (Lipinski definition) is 6. The van der Waals surface area contributed by atoms with Crippen molar-refractivity contribution in [3.63, 3.8) is 0 Å². The summed E-state index contributed by atoms with van der Waals surface area (Å²) in [5.74, 6) is -2.70. The number of rotatable bonds is 6. The quantitative estimate of drug-likeness (QED) is 0.439. The van der Waals surface area contributed by atoms with Crippen LogP contribution in [0.5, 0.6) is 0 Å². The van der Waals surface area contributed by atoms with Crippen LogP contribution in [0.25, 0.3) is 10.9 Å². The van der Waals surface area contributed by atoms with Crippen LogP contribution in [0.3, 0.4) is 0 Å². The van der Waals surface area contributed by atoms with Crippen LogP contribution in [0.2, 0.25) is 5.15 Å². The zero-order valence-corrected chi connectivity index (χ0v) is 19.1. The molecule has 2 aromatic heterocycles. The van der Waals surface area contributed by atoms with Gasteiger partial charge in [0.05, 0.1) is 11.1 Å². The number of likely N-dealkylation sites (tertiary alicyclic amines) is 1. The summed E-state index contributed by atoms with van der Waals surface area (Å²) in [5.41, 5.74) is 6.00. The zero-order valence-electron chi connectivity index (χ0n) is 18.3. The molecular formula is C23H21ClN6O5. The minimum atomic E-state index is -1.21. The number of carboxylic acid groups (broad SMARTS) is 1. The highest BCUT2D eigenvalue weighted by Gasteiger charge is 2.51. The van der Waals surface area contributed by atoms with Gasteiger partial charge in [-0.25, -0.2) is 9.78 Å². The first-order chi connectivity index (χ1) is 16.7. The van der Waals surface area contributed by atoms with Crippen LogP contribution >= 0.6 is 11.6 Å². The number of piperidine rings is 1. The van der Waals surface area contributed by atoms with Crippen molar-refractivity contribution in [2.24, 2.45) is 11.7 Å². The minimum Gasteiger partial charge on any atom is -0.478 e. The average molecular weight is 497 g/mol. The molecule has 1 saturated carbocycles. The lowest BCUT2D eigenvalue weighted by atomic mass is 9.97. The number of carboxylic acids is 1. The van der Waals surface area contributed by atoms with Gasteiger partial charge >= 0.3 is 5.97 Å². The predicted molar refractivity (Wildman–Crippen MR) is 125 cm³/mol. The van der Waals surface area contributed by atoms with E-state index in [1.54, 1.807) is 29.2 Å². The summed E-state index contributed by atoms with van der Waals surface area (Å²) in [4.78, 5) is 55.4. The van der Waals surface area contributed by atoms with Gasteiger partial charge in [-0.1, -0.05) is 29.8 Å². The molecule has 1 aliphatic carbocycles. The second-order valence-corrected chi connectivity index (χ2v) is 9.11. The van der Waals surface area contributed by atoms with Crippen LogP contribution in [-0.4, -0.2) is 60.5 Å². The lowest BCUT2D eigenvalue weighted by Gasteiger charge is -2.34. The lowest BCUT2D eigenvalue weighted by Crippen LogP contribution is -2.52. The Morgan fingerprint density at radius 3 is 2.69 bits per heavy atom. The molecule has 11 nitrogen and oxygen atoms in total. The van der Waals surface area contributed by atoms with E-state index in [4.69, 9.17) is 17.3 Å². The zero-order chi connectivity index (χ0) is 24.9. The summed E-state index contributed by atoms with van der Waals surface area (Å²) in [6.07, 6.45) is 2.27. The lowest BCUT2D eigenvalue weighted by molar-refractivity contribution is -0.141. The van der Waals surface area contributed by atoms with Crippen molar-refractivity contribution in [3.8, 4) is 0 Å². The van der Waals surface area contributed by atoms with E-state index in [2.05, 4.69) is 15.4 Å². The predicted octanol–water partition coefficient (Wildman–Crippen LogP) is 1.90. The van der Waals surface area contributed by atoms with Gasteiger partial charge in [0.2, 0.25) is 11.8 Å². The van der Waals surface area contributed by atoms with Gasteiger partial charge in [-0.05, 0) is 43.4 Å². The molecule has 2 aliphatic rings. The fourth-order valence-electron chi connectivity index (χ4n) is 5.21. The summed E-state index contributed by atoms with van der Waals surface area (Å²) in [7, 11) is 0. The van der Waals surface area contributed by atoms with Gasteiger partial charge in [0.25, 0.3) is 5.91 Å². The third-order valence-corrected chi connectivity index (χ3v) is 6.80. The number of carbonyl (C=O) groups is 4. The van der Waals surface area contributed by atoms with Gasteiger partial charge in [-0.2, -0.15) is 5.10 Å². The first-order valence-electron chi connectivity index (χ1n) is 11.0. The van der Waals surface area contributed by atoms with E-state index < -0.39 is 23.8 Å². The number of fused-ring (bicyclic) bond motifs is 3. The highest BCUT2D eigenvalue weighted by atomic mass is 35.5. The molecular weight excluding hydrogens is 476 g/mol. The SMILES string of the molecule is NC(=O)c1nn(CC(=O)N2[C@@H]3CC[C@@H](C3)[C@H]2C(=O)Nc2cc(C(=O)O)cc(Cl)n2)c2ccccc12. The minimum absolute atomic E-state index is 0.000701. The van der Waals surface area contributed by atoms with Crippen molar-refractivity contribution in [1.82, 2.24) is 19.7 Å². The third-order valence-electron chi connectivity index (χ3n) is 6.61. The Morgan fingerprint density at radius 1 is 1.17 bits per heavy atom. The van der Waals surface area contributed by atoms with Gasteiger partial charge in [0.15, 0.2) is 5.69 Å². The molecule has 35 heavy (non-hydrogen) atoms. The van der Waals surface area contributed by atoms with Crippen LogP contribution in [0.1, 0.15) is 40.1 Å². The Labute approximate surface area is 203 Å². The number of anilines is 1. The van der Waals surface area contributed by atoms with Crippen LogP contribution in [-0.2, 0) is 16.1 Å². The van der Waals surface area contributed by atoms with Crippen molar-refractivity contribution >= 4 is 52.0 Å². The Hall–Kier alpha value is -3.99. The Bertz CT molecular complexity index is 1390. The molecule has 4 N–H and O–H groups in total. The fourth-order valence-corrected chi connectivity index (χ4v) is 5.42. The largest absolute Gasteiger partial charge is 0.478 e. The summed E-state index contributed by atoms with van der Waals surface area (Å²) in [5, 5.41) is 16.6. The topological polar surface area (TPSA) is 161 Å². The Balaban J connectivity index is 1.40. The van der Waals surface area contributed by atoms with Crippen LogP contribution in [0.4, 0.5) is 5.82 Å². The molecule has 2 fully saturated rings. The first-order valence-corrected chi connectivity index (χ1v) is 11.4. The number of hydrogen-bond donors (Lipinski definition) is 3. The van der Waals surface area contributed by atoms with Crippen molar-refractivity contribution in [3.05, 3.63) is 52.8 Å². The first kappa shape index (κ1) is 22.8. The van der Waals surface area contributed by atoms with Crippen molar-refractivity contribution in [2.75, 3.05) is 5.32 Å². The molecule has 0 radical (unpaired) electrons. The molecule has 1 aliphatic heterocycles. The van der Waals surface area contributed by atoms with Gasteiger partial charge in [-0.15, -0.1) is 0 Å². The molecule has 3 aromatic rings. The van der Waals surface area contributed by atoms with E-state index in [1.807, 2.05) is 0 Å². The number of carbonyl (C=O) groups excluding carboxylic acids is 3. The molecule has 3 heterocycles. The third kappa shape index (κ3) is 4.08. The molecule has 0 unspecified atom stereocenters. The Kier molecular flexibility index (Phi) is 5.64. The molecule has 0 spiro atoms. The van der Waals surface area contributed by atoms with E-state index in [0.29, 0.717) is 17.3 Å².